The van der Waals surface area contributed by atoms with Crippen LogP contribution < -0.4 is 0 Å². The lowest BCUT2D eigenvalue weighted by atomic mass is 9.59. The summed E-state index contributed by atoms with van der Waals surface area (Å²) in [5, 5.41) is 9.32. The summed E-state index contributed by atoms with van der Waals surface area (Å²) in [6, 6.07) is 0. The van der Waals surface area contributed by atoms with E-state index in [4.69, 9.17) is 4.74 Å². The summed E-state index contributed by atoms with van der Waals surface area (Å²) in [6.45, 7) is 0. The van der Waals surface area contributed by atoms with Crippen molar-refractivity contribution in [3.8, 4) is 0 Å². The quantitative estimate of drug-likeness (QED) is 0.574. The van der Waals surface area contributed by atoms with E-state index >= 15 is 0 Å². The van der Waals surface area contributed by atoms with Crippen LogP contribution >= 0.6 is 15.9 Å². The minimum Gasteiger partial charge on any atom is -0.481 e. The lowest BCUT2D eigenvalue weighted by Crippen LogP contribution is -2.54. The lowest BCUT2D eigenvalue weighted by molar-refractivity contribution is -0.155. The molecule has 0 unspecified atom stereocenters. The summed E-state index contributed by atoms with van der Waals surface area (Å²) in [7, 11) is 0. The molecule has 0 aromatic carbocycles. The molecule has 4 saturated carbocycles. The molecule has 4 aliphatic carbocycles. The first-order valence-electron chi connectivity index (χ1n) is 5.68. The molecular formula is C11H11BrO4. The normalized spacial score (nSPS) is 60.4. The van der Waals surface area contributed by atoms with Gasteiger partial charge < -0.3 is 9.84 Å². The highest BCUT2D eigenvalue weighted by atomic mass is 79.9. The van der Waals surface area contributed by atoms with Crippen molar-refractivity contribution in [2.75, 3.05) is 0 Å². The maximum atomic E-state index is 11.8. The number of carboxylic acids is 1. The van der Waals surface area contributed by atoms with E-state index in [0.29, 0.717) is 11.8 Å². The first-order chi connectivity index (χ1) is 7.61. The van der Waals surface area contributed by atoms with Crippen molar-refractivity contribution in [3.63, 3.8) is 0 Å². The number of aliphatic carboxylic acids is 1. The van der Waals surface area contributed by atoms with Crippen molar-refractivity contribution in [2.45, 2.75) is 17.4 Å². The molecule has 1 aliphatic heterocycles. The minimum absolute atomic E-state index is 0.0463. The molecule has 16 heavy (non-hydrogen) atoms. The van der Waals surface area contributed by atoms with Crippen molar-refractivity contribution >= 4 is 27.9 Å². The molecule has 5 heteroatoms. The molecule has 0 spiro atoms. The van der Waals surface area contributed by atoms with Crippen LogP contribution in [0.15, 0.2) is 0 Å². The number of carbonyl (C=O) groups is 2. The van der Waals surface area contributed by atoms with Crippen LogP contribution in [-0.2, 0) is 14.3 Å². The van der Waals surface area contributed by atoms with E-state index in [9.17, 15) is 14.7 Å². The van der Waals surface area contributed by atoms with Gasteiger partial charge in [0.2, 0.25) is 0 Å². The number of esters is 1. The Morgan fingerprint density at radius 3 is 2.75 bits per heavy atom. The molecule has 5 fully saturated rings. The van der Waals surface area contributed by atoms with Crippen LogP contribution in [0.5, 0.6) is 0 Å². The van der Waals surface area contributed by atoms with Gasteiger partial charge in [-0.2, -0.15) is 0 Å². The van der Waals surface area contributed by atoms with Gasteiger partial charge in [0.15, 0.2) is 0 Å². The predicted octanol–water partition coefficient (Wildman–Crippen LogP) is 0.888. The number of hydrogen-bond donors (Lipinski definition) is 1. The van der Waals surface area contributed by atoms with Gasteiger partial charge in [-0.1, -0.05) is 15.9 Å². The van der Waals surface area contributed by atoms with E-state index in [1.165, 1.54) is 0 Å². The zero-order valence-corrected chi connectivity index (χ0v) is 9.96. The van der Waals surface area contributed by atoms with Crippen LogP contribution in [0.4, 0.5) is 0 Å². The number of ether oxygens (including phenoxy) is 1. The Bertz CT molecular complexity index is 409. The van der Waals surface area contributed by atoms with Gasteiger partial charge in [-0.3, -0.25) is 9.59 Å². The van der Waals surface area contributed by atoms with Gasteiger partial charge in [0.25, 0.3) is 0 Å². The van der Waals surface area contributed by atoms with E-state index in [0.717, 1.165) is 6.42 Å². The van der Waals surface area contributed by atoms with Crippen LogP contribution in [0.3, 0.4) is 0 Å². The SMILES string of the molecule is O=C(O)[C@@H]1[C@H]2C(=O)O[C@@H]3[C@@H](Br)[C@H]1[C@H]1C[C@H]1[C@@H]32. The van der Waals surface area contributed by atoms with Crippen molar-refractivity contribution in [1.82, 2.24) is 0 Å². The van der Waals surface area contributed by atoms with Gasteiger partial charge in [-0.15, -0.1) is 0 Å². The number of carbonyl (C=O) groups excluding carboxylic acids is 1. The predicted molar refractivity (Wildman–Crippen MR) is 55.8 cm³/mol. The second-order valence-electron chi connectivity index (χ2n) is 5.45. The third-order valence-electron chi connectivity index (χ3n) is 4.97. The number of rotatable bonds is 1. The summed E-state index contributed by atoms with van der Waals surface area (Å²) >= 11 is 3.56. The summed E-state index contributed by atoms with van der Waals surface area (Å²) in [5.74, 6) is -0.684. The molecule has 0 radical (unpaired) electrons. The Kier molecular flexibility index (Phi) is 1.55. The molecule has 0 amide bonds. The van der Waals surface area contributed by atoms with Crippen LogP contribution in [0.1, 0.15) is 6.42 Å². The van der Waals surface area contributed by atoms with Gasteiger partial charge in [-0.05, 0) is 24.2 Å². The van der Waals surface area contributed by atoms with Crippen molar-refractivity contribution in [2.24, 2.45) is 35.5 Å². The van der Waals surface area contributed by atoms with Crippen molar-refractivity contribution in [3.05, 3.63) is 0 Å². The maximum absolute atomic E-state index is 11.8. The van der Waals surface area contributed by atoms with Crippen LogP contribution in [0, 0.1) is 35.5 Å². The zero-order chi connectivity index (χ0) is 11.2. The highest BCUT2D eigenvalue weighted by Crippen LogP contribution is 2.70. The van der Waals surface area contributed by atoms with Crippen LogP contribution in [0.2, 0.25) is 0 Å². The smallest absolute Gasteiger partial charge is 0.310 e. The van der Waals surface area contributed by atoms with E-state index in [1.807, 2.05) is 0 Å². The van der Waals surface area contributed by atoms with E-state index in [2.05, 4.69) is 15.9 Å². The first-order valence-corrected chi connectivity index (χ1v) is 6.60. The van der Waals surface area contributed by atoms with Gasteiger partial charge >= 0.3 is 11.9 Å². The Labute approximate surface area is 100 Å². The molecule has 1 N–H and O–H groups in total. The number of halogens is 1. The summed E-state index contributed by atoms with van der Waals surface area (Å²) in [4.78, 5) is 23.2. The third kappa shape index (κ3) is 0.848. The molecule has 0 aromatic rings. The van der Waals surface area contributed by atoms with Crippen molar-refractivity contribution < 1.29 is 19.4 Å². The van der Waals surface area contributed by atoms with Crippen LogP contribution in [-0.4, -0.2) is 28.0 Å². The topological polar surface area (TPSA) is 63.6 Å². The maximum Gasteiger partial charge on any atom is 0.310 e. The van der Waals surface area contributed by atoms with E-state index < -0.39 is 11.9 Å². The fraction of sp³-hybridized carbons (Fsp3) is 0.818. The molecule has 1 saturated heterocycles. The van der Waals surface area contributed by atoms with Crippen molar-refractivity contribution in [1.29, 1.82) is 0 Å². The zero-order valence-electron chi connectivity index (χ0n) is 8.38. The molecule has 4 bridgehead atoms. The molecule has 5 rings (SSSR count). The molecule has 0 aromatic heterocycles. The Balaban J connectivity index is 1.86. The van der Waals surface area contributed by atoms with Gasteiger partial charge in [0.1, 0.15) is 6.10 Å². The number of hydrogen-bond acceptors (Lipinski definition) is 3. The molecule has 86 valence electrons. The third-order valence-corrected chi connectivity index (χ3v) is 6.10. The Morgan fingerprint density at radius 2 is 2.06 bits per heavy atom. The summed E-state index contributed by atoms with van der Waals surface area (Å²) in [6.07, 6.45) is 1.02. The fourth-order valence-corrected chi connectivity index (χ4v) is 5.61. The average Bonchev–Trinajstić information content (AvgIpc) is 2.95. The lowest BCUT2D eigenvalue weighted by Gasteiger charge is -2.45. The minimum atomic E-state index is -0.827. The van der Waals surface area contributed by atoms with Gasteiger partial charge in [-0.25, -0.2) is 0 Å². The largest absolute Gasteiger partial charge is 0.481 e. The van der Waals surface area contributed by atoms with Crippen LogP contribution in [0.25, 0.3) is 0 Å². The van der Waals surface area contributed by atoms with E-state index in [1.54, 1.807) is 0 Å². The number of alkyl halides is 1. The highest BCUT2D eigenvalue weighted by molar-refractivity contribution is 9.09. The first kappa shape index (κ1) is 9.45. The second kappa shape index (κ2) is 2.63. The van der Waals surface area contributed by atoms with Gasteiger partial charge in [0, 0.05) is 5.92 Å². The molecular weight excluding hydrogens is 276 g/mol. The molecule has 8 atom stereocenters. The molecule has 4 nitrogen and oxygen atoms in total. The monoisotopic (exact) mass is 286 g/mol. The molecule has 5 aliphatic rings. The number of carboxylic acid groups (broad SMARTS) is 1. The highest BCUT2D eigenvalue weighted by Gasteiger charge is 2.74. The second-order valence-corrected chi connectivity index (χ2v) is 6.51. The average molecular weight is 287 g/mol. The van der Waals surface area contributed by atoms with Gasteiger partial charge in [0.05, 0.1) is 16.7 Å². The van der Waals surface area contributed by atoms with E-state index in [-0.39, 0.29) is 34.7 Å². The fourth-order valence-electron chi connectivity index (χ4n) is 4.42. The Morgan fingerprint density at radius 1 is 1.38 bits per heavy atom. The summed E-state index contributed by atoms with van der Waals surface area (Å²) < 4.78 is 5.36. The standard InChI is InChI=1S/C11H11BrO4/c12-8-4-2-1-3(2)5-7(6(4)10(13)14)11(15)16-9(5)8/h2-9H,1H2,(H,13,14)/t2-,3+,4-,5+,6-,7-,8-,9-/m0/s1. The summed E-state index contributed by atoms with van der Waals surface area (Å²) in [5.41, 5.74) is 0. The Hall–Kier alpha value is -0.580. The molecule has 1 heterocycles.